The van der Waals surface area contributed by atoms with Crippen LogP contribution in [0, 0.1) is 0 Å². The Morgan fingerprint density at radius 2 is 2.05 bits per heavy atom. The summed E-state index contributed by atoms with van der Waals surface area (Å²) in [4.78, 5) is 0.0638. The third-order valence-electron chi connectivity index (χ3n) is 2.58. The van der Waals surface area contributed by atoms with Gasteiger partial charge >= 0.3 is 15.6 Å². The fourth-order valence-corrected chi connectivity index (χ4v) is 2.61. The SMILES string of the molecule is C[C@@H](Br)Cc1cc(OS(=O)(=O)C(F)(F)F)c2occc2c1. The highest BCUT2D eigenvalue weighted by atomic mass is 79.9. The standard InChI is InChI=1S/C12H10BrF3O4S/c1-7(13)4-8-5-9-2-3-19-11(9)10(6-8)20-21(17,18)12(14,15)16/h2-3,5-7H,4H2,1H3/t7-/m1/s1. The summed E-state index contributed by atoms with van der Waals surface area (Å²) in [7, 11) is -5.74. The van der Waals surface area contributed by atoms with Gasteiger partial charge in [-0.15, -0.1) is 0 Å². The lowest BCUT2D eigenvalue weighted by molar-refractivity contribution is -0.0499. The van der Waals surface area contributed by atoms with Gasteiger partial charge in [-0.25, -0.2) is 0 Å². The van der Waals surface area contributed by atoms with Crippen molar-refractivity contribution in [2.45, 2.75) is 23.7 Å². The normalized spacial score (nSPS) is 14.3. The average molecular weight is 387 g/mol. The summed E-state index contributed by atoms with van der Waals surface area (Å²) in [6.07, 6.45) is 1.74. The van der Waals surface area contributed by atoms with Gasteiger partial charge in [0.1, 0.15) is 0 Å². The van der Waals surface area contributed by atoms with Gasteiger partial charge in [0, 0.05) is 10.2 Å². The van der Waals surface area contributed by atoms with Crippen molar-refractivity contribution in [2.75, 3.05) is 0 Å². The zero-order chi connectivity index (χ0) is 15.8. The van der Waals surface area contributed by atoms with E-state index >= 15 is 0 Å². The monoisotopic (exact) mass is 386 g/mol. The second-order valence-electron chi connectivity index (χ2n) is 4.40. The van der Waals surface area contributed by atoms with Crippen molar-refractivity contribution in [1.29, 1.82) is 0 Å². The molecule has 1 atom stereocenters. The fourth-order valence-electron chi connectivity index (χ4n) is 1.78. The van der Waals surface area contributed by atoms with Crippen LogP contribution in [0.2, 0.25) is 0 Å². The van der Waals surface area contributed by atoms with E-state index in [0.29, 0.717) is 17.4 Å². The Labute approximate surface area is 127 Å². The van der Waals surface area contributed by atoms with Crippen LogP contribution in [0.1, 0.15) is 12.5 Å². The van der Waals surface area contributed by atoms with Crippen molar-refractivity contribution in [3.8, 4) is 5.75 Å². The first-order chi connectivity index (χ1) is 9.60. The molecule has 1 heterocycles. The highest BCUT2D eigenvalue weighted by molar-refractivity contribution is 9.09. The average Bonchev–Trinajstić information content (AvgIpc) is 2.74. The Morgan fingerprint density at radius 3 is 2.62 bits per heavy atom. The summed E-state index contributed by atoms with van der Waals surface area (Å²) in [5.74, 6) is -0.474. The third-order valence-corrected chi connectivity index (χ3v) is 3.87. The van der Waals surface area contributed by atoms with Crippen molar-refractivity contribution in [2.24, 2.45) is 0 Å². The fraction of sp³-hybridized carbons (Fsp3) is 0.333. The lowest BCUT2D eigenvalue weighted by Crippen LogP contribution is -2.28. The van der Waals surface area contributed by atoms with E-state index in [2.05, 4.69) is 20.1 Å². The maximum absolute atomic E-state index is 12.4. The summed E-state index contributed by atoms with van der Waals surface area (Å²) in [6, 6.07) is 4.45. The van der Waals surface area contributed by atoms with E-state index in [0.717, 1.165) is 0 Å². The molecule has 116 valence electrons. The minimum absolute atomic E-state index is 0.0474. The number of fused-ring (bicyclic) bond motifs is 1. The quantitative estimate of drug-likeness (QED) is 0.452. The van der Waals surface area contributed by atoms with Gasteiger partial charge in [0.2, 0.25) is 0 Å². The topological polar surface area (TPSA) is 56.5 Å². The molecule has 0 aliphatic heterocycles. The molecule has 0 amide bonds. The van der Waals surface area contributed by atoms with E-state index in [1.807, 2.05) is 6.92 Å². The first kappa shape index (κ1) is 16.2. The number of halogens is 4. The Morgan fingerprint density at radius 1 is 1.38 bits per heavy atom. The highest BCUT2D eigenvalue weighted by Gasteiger charge is 2.49. The smallest absolute Gasteiger partial charge is 0.460 e. The maximum Gasteiger partial charge on any atom is 0.534 e. The van der Waals surface area contributed by atoms with E-state index < -0.39 is 21.4 Å². The minimum atomic E-state index is -5.74. The lowest BCUT2D eigenvalue weighted by atomic mass is 10.1. The third kappa shape index (κ3) is 3.52. The van der Waals surface area contributed by atoms with Gasteiger partial charge in [-0.3, -0.25) is 0 Å². The van der Waals surface area contributed by atoms with Crippen molar-refractivity contribution in [1.82, 2.24) is 0 Å². The first-order valence-electron chi connectivity index (χ1n) is 5.75. The van der Waals surface area contributed by atoms with Crippen LogP contribution < -0.4 is 4.18 Å². The van der Waals surface area contributed by atoms with E-state index in [1.54, 1.807) is 6.07 Å². The van der Waals surface area contributed by atoms with Crippen molar-refractivity contribution >= 4 is 37.0 Å². The molecular weight excluding hydrogens is 377 g/mol. The molecule has 21 heavy (non-hydrogen) atoms. The van der Waals surface area contributed by atoms with Crippen molar-refractivity contribution in [3.05, 3.63) is 30.0 Å². The van der Waals surface area contributed by atoms with Gasteiger partial charge in [0.15, 0.2) is 11.3 Å². The van der Waals surface area contributed by atoms with Gasteiger partial charge in [-0.2, -0.15) is 21.6 Å². The van der Waals surface area contributed by atoms with Crippen LogP contribution in [-0.2, 0) is 16.5 Å². The molecule has 1 aromatic heterocycles. The van der Waals surface area contributed by atoms with Crippen LogP contribution in [0.3, 0.4) is 0 Å². The molecule has 0 spiro atoms. The van der Waals surface area contributed by atoms with Crippen molar-refractivity contribution < 1.29 is 30.2 Å². The van der Waals surface area contributed by atoms with Crippen LogP contribution in [0.4, 0.5) is 13.2 Å². The van der Waals surface area contributed by atoms with Crippen LogP contribution in [0.5, 0.6) is 5.75 Å². The molecule has 4 nitrogen and oxygen atoms in total. The number of hydrogen-bond acceptors (Lipinski definition) is 4. The van der Waals surface area contributed by atoms with Gasteiger partial charge < -0.3 is 8.60 Å². The number of furan rings is 1. The molecule has 0 aliphatic rings. The molecule has 2 aromatic rings. The Kier molecular flexibility index (Phi) is 4.25. The number of alkyl halides is 4. The summed E-state index contributed by atoms with van der Waals surface area (Å²) in [5.41, 5.74) is -4.92. The summed E-state index contributed by atoms with van der Waals surface area (Å²) in [6.45, 7) is 1.85. The Bertz CT molecular complexity index is 749. The summed E-state index contributed by atoms with van der Waals surface area (Å²) >= 11 is 3.32. The molecule has 0 unspecified atom stereocenters. The number of hydrogen-bond donors (Lipinski definition) is 0. The predicted octanol–water partition coefficient (Wildman–Crippen LogP) is 3.99. The molecule has 0 saturated heterocycles. The van der Waals surface area contributed by atoms with Crippen LogP contribution in [-0.4, -0.2) is 18.8 Å². The summed E-state index contributed by atoms with van der Waals surface area (Å²) < 4.78 is 68.7. The van der Waals surface area contributed by atoms with E-state index in [-0.39, 0.29) is 10.4 Å². The van der Waals surface area contributed by atoms with E-state index in [4.69, 9.17) is 4.42 Å². The lowest BCUT2D eigenvalue weighted by Gasteiger charge is -2.11. The predicted molar refractivity (Wildman–Crippen MR) is 73.9 cm³/mol. The van der Waals surface area contributed by atoms with Crippen molar-refractivity contribution in [3.63, 3.8) is 0 Å². The highest BCUT2D eigenvalue weighted by Crippen LogP contribution is 2.34. The molecule has 0 aliphatic carbocycles. The van der Waals surface area contributed by atoms with E-state index in [9.17, 15) is 21.6 Å². The largest absolute Gasteiger partial charge is 0.534 e. The van der Waals surface area contributed by atoms with Crippen LogP contribution >= 0.6 is 15.9 Å². The van der Waals surface area contributed by atoms with Gasteiger partial charge in [-0.1, -0.05) is 22.9 Å². The Hall–Kier alpha value is -1.22. The van der Waals surface area contributed by atoms with Crippen LogP contribution in [0.15, 0.2) is 28.9 Å². The summed E-state index contributed by atoms with van der Waals surface area (Å²) in [5, 5.41) is 0.466. The second-order valence-corrected chi connectivity index (χ2v) is 7.50. The molecule has 0 saturated carbocycles. The zero-order valence-corrected chi connectivity index (χ0v) is 13.0. The first-order valence-corrected chi connectivity index (χ1v) is 8.07. The maximum atomic E-state index is 12.4. The second kappa shape index (κ2) is 5.53. The molecule has 9 heteroatoms. The molecule has 2 rings (SSSR count). The van der Waals surface area contributed by atoms with Gasteiger partial charge in [-0.05, 0) is 30.2 Å². The Balaban J connectivity index is 2.50. The molecule has 0 bridgehead atoms. The number of benzene rings is 1. The van der Waals surface area contributed by atoms with Crippen LogP contribution in [0.25, 0.3) is 11.0 Å². The zero-order valence-electron chi connectivity index (χ0n) is 10.6. The van der Waals surface area contributed by atoms with Gasteiger partial charge in [0.25, 0.3) is 0 Å². The van der Waals surface area contributed by atoms with Gasteiger partial charge in [0.05, 0.1) is 6.26 Å². The molecule has 1 aromatic carbocycles. The molecule has 0 N–H and O–H groups in total. The number of rotatable bonds is 4. The van der Waals surface area contributed by atoms with E-state index in [1.165, 1.54) is 18.4 Å². The molecule has 0 radical (unpaired) electrons. The molecular formula is C12H10BrF3O4S. The molecule has 0 fully saturated rings. The minimum Gasteiger partial charge on any atom is -0.460 e.